The third-order valence-electron chi connectivity index (χ3n) is 4.60. The third-order valence-corrected chi connectivity index (χ3v) is 6.40. The number of nitrogens with zero attached hydrogens (tertiary/aromatic N) is 2. The van der Waals surface area contributed by atoms with E-state index in [1.54, 1.807) is 12.1 Å². The van der Waals surface area contributed by atoms with Gasteiger partial charge in [-0.2, -0.15) is 5.10 Å². The van der Waals surface area contributed by atoms with Gasteiger partial charge in [0, 0.05) is 15.7 Å². The summed E-state index contributed by atoms with van der Waals surface area (Å²) in [6.07, 6.45) is 1.32. The predicted octanol–water partition coefficient (Wildman–Crippen LogP) is 4.42. The first-order valence-corrected chi connectivity index (χ1v) is 10.8. The van der Waals surface area contributed by atoms with E-state index in [-0.39, 0.29) is 18.8 Å². The summed E-state index contributed by atoms with van der Waals surface area (Å²) in [6.45, 7) is 1.30. The van der Waals surface area contributed by atoms with Gasteiger partial charge in [-0.05, 0) is 57.4 Å². The van der Waals surface area contributed by atoms with Gasteiger partial charge in [0.2, 0.25) is 0 Å². The molecule has 160 valence electrons. The fourth-order valence-corrected chi connectivity index (χ4v) is 4.13. The molecule has 0 heterocycles. The van der Waals surface area contributed by atoms with Gasteiger partial charge in [-0.3, -0.25) is 9.59 Å². The highest BCUT2D eigenvalue weighted by molar-refractivity contribution is 9.11. The van der Waals surface area contributed by atoms with Crippen LogP contribution in [0.4, 0.5) is 5.69 Å². The Balaban J connectivity index is 1.74. The number of fused-ring (bicyclic) bond motifs is 1. The van der Waals surface area contributed by atoms with Gasteiger partial charge >= 0.3 is 5.97 Å². The predicted molar refractivity (Wildman–Crippen MR) is 128 cm³/mol. The van der Waals surface area contributed by atoms with Crippen LogP contribution in [0.5, 0.6) is 5.75 Å². The van der Waals surface area contributed by atoms with Crippen molar-refractivity contribution >= 4 is 66.4 Å². The average Bonchev–Trinajstić information content (AvgIpc) is 2.74. The number of hydrogen-bond acceptors (Lipinski definition) is 5. The van der Waals surface area contributed by atoms with Crippen molar-refractivity contribution in [1.29, 1.82) is 0 Å². The molecule has 0 saturated carbocycles. The van der Waals surface area contributed by atoms with Crippen molar-refractivity contribution in [3.05, 3.63) is 68.6 Å². The van der Waals surface area contributed by atoms with E-state index in [0.29, 0.717) is 15.7 Å². The molecular weight excluding hydrogens is 530 g/mol. The summed E-state index contributed by atoms with van der Waals surface area (Å²) in [6, 6.07) is 14.9. The van der Waals surface area contributed by atoms with Crippen LogP contribution in [0.15, 0.2) is 62.6 Å². The number of carboxylic acids is 1. The number of nitrogens with one attached hydrogen (secondary N) is 1. The maximum atomic E-state index is 12.4. The molecule has 7 nitrogen and oxygen atoms in total. The lowest BCUT2D eigenvalue weighted by Gasteiger charge is -2.22. The van der Waals surface area contributed by atoms with Crippen molar-refractivity contribution in [1.82, 2.24) is 5.43 Å². The van der Waals surface area contributed by atoms with Crippen LogP contribution in [0.3, 0.4) is 0 Å². The molecule has 0 saturated heterocycles. The van der Waals surface area contributed by atoms with Crippen molar-refractivity contribution in [2.45, 2.75) is 6.92 Å². The minimum absolute atomic E-state index is 0.00219. The first-order chi connectivity index (χ1) is 14.8. The molecule has 0 fully saturated rings. The first-order valence-electron chi connectivity index (χ1n) is 9.21. The molecule has 3 aromatic rings. The Kier molecular flexibility index (Phi) is 7.29. The molecule has 1 amide bonds. The maximum Gasteiger partial charge on any atom is 0.323 e. The second-order valence-corrected chi connectivity index (χ2v) is 8.46. The Labute approximate surface area is 195 Å². The Bertz CT molecular complexity index is 1180. The number of halogens is 2. The van der Waals surface area contributed by atoms with Gasteiger partial charge in [-0.25, -0.2) is 5.43 Å². The molecule has 3 rings (SSSR count). The van der Waals surface area contributed by atoms with Crippen molar-refractivity contribution in [3.63, 3.8) is 0 Å². The largest absolute Gasteiger partial charge is 0.506 e. The van der Waals surface area contributed by atoms with Crippen LogP contribution >= 0.6 is 31.9 Å². The summed E-state index contributed by atoms with van der Waals surface area (Å²) < 4.78 is 1.30. The lowest BCUT2D eigenvalue weighted by molar-refractivity contribution is -0.135. The fourth-order valence-electron chi connectivity index (χ4n) is 2.98. The topological polar surface area (TPSA) is 102 Å². The fraction of sp³-hybridized carbons (Fsp3) is 0.136. The smallest absolute Gasteiger partial charge is 0.323 e. The van der Waals surface area contributed by atoms with Crippen molar-refractivity contribution in [2.24, 2.45) is 5.10 Å². The number of carbonyl (C=O) groups excluding carboxylic acids is 1. The van der Waals surface area contributed by atoms with Crippen molar-refractivity contribution in [3.8, 4) is 5.75 Å². The van der Waals surface area contributed by atoms with E-state index in [1.807, 2.05) is 43.3 Å². The number of aliphatic carboxylic acids is 1. The summed E-state index contributed by atoms with van der Waals surface area (Å²) in [5.41, 5.74) is 4.23. The van der Waals surface area contributed by atoms with E-state index >= 15 is 0 Å². The van der Waals surface area contributed by atoms with Crippen LogP contribution in [-0.2, 0) is 9.59 Å². The SMILES string of the molecule is Cc1c(Br)cc(/C=N\NC(=O)CN(CC(=O)O)c2ccc3ccccc3c2)c(O)c1Br. The van der Waals surface area contributed by atoms with E-state index in [4.69, 9.17) is 0 Å². The number of carbonyl (C=O) groups is 2. The number of amides is 1. The Hall–Kier alpha value is -2.91. The molecule has 0 spiro atoms. The summed E-state index contributed by atoms with van der Waals surface area (Å²) in [5, 5.41) is 25.3. The van der Waals surface area contributed by atoms with E-state index < -0.39 is 11.9 Å². The van der Waals surface area contributed by atoms with Gasteiger partial charge in [-0.15, -0.1) is 0 Å². The number of anilines is 1. The second-order valence-electron chi connectivity index (χ2n) is 6.81. The van der Waals surface area contributed by atoms with Crippen LogP contribution in [-0.4, -0.2) is 41.4 Å². The summed E-state index contributed by atoms with van der Waals surface area (Å²) in [7, 11) is 0. The number of benzene rings is 3. The monoisotopic (exact) mass is 547 g/mol. The van der Waals surface area contributed by atoms with Crippen LogP contribution in [0.1, 0.15) is 11.1 Å². The van der Waals surface area contributed by atoms with Crippen LogP contribution in [0.25, 0.3) is 10.8 Å². The lowest BCUT2D eigenvalue weighted by Crippen LogP contribution is -2.38. The van der Waals surface area contributed by atoms with Gasteiger partial charge in [-0.1, -0.05) is 46.3 Å². The highest BCUT2D eigenvalue weighted by Crippen LogP contribution is 2.35. The molecule has 31 heavy (non-hydrogen) atoms. The van der Waals surface area contributed by atoms with E-state index in [2.05, 4.69) is 42.4 Å². The van der Waals surface area contributed by atoms with Gasteiger partial charge in [0.05, 0.1) is 17.2 Å². The molecule has 9 heteroatoms. The third kappa shape index (κ3) is 5.62. The molecule has 3 N–H and O–H groups in total. The lowest BCUT2D eigenvalue weighted by atomic mass is 10.1. The number of phenolic OH excluding ortho intramolecular Hbond substituents is 1. The van der Waals surface area contributed by atoms with Crippen LogP contribution in [0.2, 0.25) is 0 Å². The zero-order valence-corrected chi connectivity index (χ0v) is 19.6. The highest BCUT2D eigenvalue weighted by Gasteiger charge is 2.15. The first kappa shape index (κ1) is 22.8. The number of hydrazone groups is 1. The molecule has 0 unspecified atom stereocenters. The second kappa shape index (κ2) is 9.93. The number of aromatic hydroxyl groups is 1. The zero-order valence-electron chi connectivity index (χ0n) is 16.5. The molecule has 3 aromatic carbocycles. The summed E-state index contributed by atoms with van der Waals surface area (Å²) in [5.74, 6) is -1.54. The number of phenols is 1. The highest BCUT2D eigenvalue weighted by atomic mass is 79.9. The van der Waals surface area contributed by atoms with Crippen LogP contribution in [0, 0.1) is 6.92 Å². The summed E-state index contributed by atoms with van der Waals surface area (Å²) >= 11 is 6.71. The zero-order chi connectivity index (χ0) is 22.5. The molecule has 0 bridgehead atoms. The van der Waals surface area contributed by atoms with Crippen molar-refractivity contribution < 1.29 is 19.8 Å². The van der Waals surface area contributed by atoms with E-state index in [9.17, 15) is 19.8 Å². The molecule has 0 radical (unpaired) electrons. The summed E-state index contributed by atoms with van der Waals surface area (Å²) in [4.78, 5) is 25.2. The average molecular weight is 549 g/mol. The number of rotatable bonds is 7. The molecule has 0 atom stereocenters. The van der Waals surface area contributed by atoms with Gasteiger partial charge < -0.3 is 15.1 Å². The standard InChI is InChI=1S/C22H19Br2N3O4/c1-13-18(23)9-16(22(31)21(13)24)10-25-26-19(28)11-27(12-20(29)30)17-7-6-14-4-2-3-5-15(14)8-17/h2-10,31H,11-12H2,1H3,(H,26,28)(H,29,30)/b25-10-. The minimum Gasteiger partial charge on any atom is -0.506 e. The Morgan fingerprint density at radius 1 is 1.10 bits per heavy atom. The van der Waals surface area contributed by atoms with Gasteiger partial charge in [0.25, 0.3) is 5.91 Å². The van der Waals surface area contributed by atoms with Crippen molar-refractivity contribution in [2.75, 3.05) is 18.0 Å². The number of hydrogen-bond donors (Lipinski definition) is 3. The minimum atomic E-state index is -1.05. The molecular formula is C22H19Br2N3O4. The van der Waals surface area contributed by atoms with Gasteiger partial charge in [0.15, 0.2) is 0 Å². The molecule has 0 aliphatic rings. The Morgan fingerprint density at radius 2 is 1.81 bits per heavy atom. The van der Waals surface area contributed by atoms with E-state index in [0.717, 1.165) is 20.8 Å². The molecule has 0 aromatic heterocycles. The van der Waals surface area contributed by atoms with Gasteiger partial charge in [0.1, 0.15) is 12.3 Å². The number of carboxylic acid groups (broad SMARTS) is 1. The maximum absolute atomic E-state index is 12.4. The van der Waals surface area contributed by atoms with Crippen LogP contribution < -0.4 is 10.3 Å². The van der Waals surface area contributed by atoms with E-state index in [1.165, 1.54) is 11.1 Å². The quantitative estimate of drug-likeness (QED) is 0.299. The Morgan fingerprint density at radius 3 is 2.52 bits per heavy atom. The molecule has 0 aliphatic heterocycles. The molecule has 0 aliphatic carbocycles. The normalized spacial score (nSPS) is 11.1.